The van der Waals surface area contributed by atoms with Gasteiger partial charge in [-0.2, -0.15) is 5.26 Å². The molecule has 0 aliphatic carbocycles. The van der Waals surface area contributed by atoms with E-state index in [-0.39, 0.29) is 36.5 Å². The molecule has 3 aromatic rings. The number of nitriles is 1. The number of likely N-dealkylation sites (N-methyl/N-ethyl adjacent to an activating group) is 1. The number of rotatable bonds is 3. The Balaban J connectivity index is 1.52. The molecule has 3 aromatic carbocycles. The number of fused-ring (bicyclic) bond motifs is 3. The Hall–Kier alpha value is -3.89. The lowest BCUT2D eigenvalue weighted by Gasteiger charge is -2.44. The summed E-state index contributed by atoms with van der Waals surface area (Å²) in [5.41, 5.74) is 5.15. The van der Waals surface area contributed by atoms with Gasteiger partial charge >= 0.3 is 6.03 Å². The molecule has 172 valence electrons. The van der Waals surface area contributed by atoms with E-state index in [4.69, 9.17) is 5.26 Å². The molecule has 34 heavy (non-hydrogen) atoms. The van der Waals surface area contributed by atoms with E-state index in [0.717, 1.165) is 28.8 Å². The van der Waals surface area contributed by atoms with Crippen LogP contribution in [0.15, 0.2) is 66.7 Å². The lowest BCUT2D eigenvalue weighted by Crippen LogP contribution is -2.48. The fourth-order valence-corrected chi connectivity index (χ4v) is 5.33. The monoisotopic (exact) mass is 456 g/mol. The van der Waals surface area contributed by atoms with Gasteiger partial charge in [-0.05, 0) is 71.6 Å². The Morgan fingerprint density at radius 1 is 1.12 bits per heavy atom. The van der Waals surface area contributed by atoms with Crippen LogP contribution >= 0.6 is 0 Å². The second-order valence-electron chi connectivity index (χ2n) is 8.85. The number of hydrogen-bond donors (Lipinski definition) is 2. The molecule has 2 N–H and O–H groups in total. The van der Waals surface area contributed by atoms with Crippen LogP contribution in [0.25, 0.3) is 11.1 Å². The van der Waals surface area contributed by atoms with E-state index in [9.17, 15) is 14.3 Å². The van der Waals surface area contributed by atoms with Crippen molar-refractivity contribution in [3.8, 4) is 17.2 Å². The van der Waals surface area contributed by atoms with Crippen LogP contribution in [0.4, 0.5) is 20.6 Å². The molecule has 0 saturated carbocycles. The van der Waals surface area contributed by atoms with Crippen molar-refractivity contribution < 1.29 is 14.3 Å². The fraction of sp³-hybridized carbons (Fsp3) is 0.259. The molecule has 0 spiro atoms. The Labute approximate surface area is 197 Å². The molecule has 2 amide bonds. The van der Waals surface area contributed by atoms with Gasteiger partial charge in [-0.1, -0.05) is 18.2 Å². The summed E-state index contributed by atoms with van der Waals surface area (Å²) in [7, 11) is 1.98. The van der Waals surface area contributed by atoms with Gasteiger partial charge in [-0.25, -0.2) is 9.18 Å². The standard InChI is InChI=1S/C27H25FN4O2/c1-31-24-11-6-19(18-4-2-17(15-29)3-5-18)14-23(24)26-22(25(31)16-33)12-13-32(26)27(34)30-21-9-7-20(28)8-10-21/h2-11,14,22,25-26,33H,12-13,16H2,1H3,(H,30,34)/t22-,25+,26-/m1/s1. The minimum Gasteiger partial charge on any atom is -0.394 e. The third kappa shape index (κ3) is 3.76. The zero-order valence-corrected chi connectivity index (χ0v) is 18.8. The predicted octanol–water partition coefficient (Wildman–Crippen LogP) is 4.77. The molecule has 2 heterocycles. The maximum atomic E-state index is 13.3. The van der Waals surface area contributed by atoms with Gasteiger partial charge in [0.15, 0.2) is 0 Å². The molecule has 1 fully saturated rings. The van der Waals surface area contributed by atoms with Crippen LogP contribution in [0.5, 0.6) is 0 Å². The first-order valence-electron chi connectivity index (χ1n) is 11.3. The molecule has 0 aromatic heterocycles. The van der Waals surface area contributed by atoms with E-state index in [2.05, 4.69) is 22.4 Å². The number of aliphatic hydroxyl groups is 1. The van der Waals surface area contributed by atoms with E-state index < -0.39 is 0 Å². The highest BCUT2D eigenvalue weighted by Gasteiger charge is 2.47. The van der Waals surface area contributed by atoms with Crippen molar-refractivity contribution in [3.63, 3.8) is 0 Å². The van der Waals surface area contributed by atoms with Crippen molar-refractivity contribution >= 4 is 17.4 Å². The zero-order chi connectivity index (χ0) is 23.8. The molecule has 2 aliphatic heterocycles. The topological polar surface area (TPSA) is 79.6 Å². The molecule has 3 atom stereocenters. The average Bonchev–Trinajstić information content (AvgIpc) is 3.31. The molecule has 2 aliphatic rings. The van der Waals surface area contributed by atoms with Crippen LogP contribution in [0.2, 0.25) is 0 Å². The minimum absolute atomic E-state index is 0.00189. The molecule has 1 saturated heterocycles. The van der Waals surface area contributed by atoms with Gasteiger partial charge in [0.1, 0.15) is 5.82 Å². The van der Waals surface area contributed by atoms with Crippen molar-refractivity contribution in [2.24, 2.45) is 5.92 Å². The number of amides is 2. The number of benzene rings is 3. The Bertz CT molecular complexity index is 1250. The Morgan fingerprint density at radius 3 is 2.50 bits per heavy atom. The highest BCUT2D eigenvalue weighted by atomic mass is 19.1. The number of halogens is 1. The fourth-order valence-electron chi connectivity index (χ4n) is 5.33. The van der Waals surface area contributed by atoms with Crippen molar-refractivity contribution in [2.75, 3.05) is 30.4 Å². The average molecular weight is 457 g/mol. The van der Waals surface area contributed by atoms with Gasteiger partial charge < -0.3 is 20.2 Å². The lowest BCUT2D eigenvalue weighted by atomic mass is 9.81. The largest absolute Gasteiger partial charge is 0.394 e. The smallest absolute Gasteiger partial charge is 0.322 e. The summed E-state index contributed by atoms with van der Waals surface area (Å²) in [4.78, 5) is 17.2. The molecule has 0 radical (unpaired) electrons. The SMILES string of the molecule is CN1c2ccc(-c3ccc(C#N)cc3)cc2[C@H]2[C@H](CCN2C(=O)Nc2ccc(F)cc2)[C@@H]1CO. The number of likely N-dealkylation sites (tertiary alicyclic amines) is 1. The number of nitrogens with zero attached hydrogens (tertiary/aromatic N) is 3. The zero-order valence-electron chi connectivity index (χ0n) is 18.8. The van der Waals surface area contributed by atoms with Crippen LogP contribution in [-0.4, -0.2) is 42.3 Å². The molecule has 5 rings (SSSR count). The van der Waals surface area contributed by atoms with Gasteiger partial charge in [-0.3, -0.25) is 0 Å². The summed E-state index contributed by atoms with van der Waals surface area (Å²) in [5, 5.41) is 22.2. The summed E-state index contributed by atoms with van der Waals surface area (Å²) < 4.78 is 13.3. The Kier molecular flexibility index (Phi) is 5.68. The van der Waals surface area contributed by atoms with Crippen molar-refractivity contribution in [2.45, 2.75) is 18.5 Å². The van der Waals surface area contributed by atoms with Gasteiger partial charge in [-0.15, -0.1) is 0 Å². The first-order chi connectivity index (χ1) is 16.5. The lowest BCUT2D eigenvalue weighted by molar-refractivity contribution is 0.168. The molecular formula is C27H25FN4O2. The van der Waals surface area contributed by atoms with Crippen molar-refractivity contribution in [1.82, 2.24) is 4.90 Å². The second-order valence-corrected chi connectivity index (χ2v) is 8.85. The molecule has 6 nitrogen and oxygen atoms in total. The van der Waals surface area contributed by atoms with Crippen LogP contribution in [0.3, 0.4) is 0 Å². The van der Waals surface area contributed by atoms with Crippen LogP contribution in [-0.2, 0) is 0 Å². The summed E-state index contributed by atoms with van der Waals surface area (Å²) in [6.07, 6.45) is 0.775. The molecule has 0 bridgehead atoms. The first kappa shape index (κ1) is 21.9. The van der Waals surface area contributed by atoms with E-state index in [1.54, 1.807) is 24.3 Å². The van der Waals surface area contributed by atoms with Crippen LogP contribution in [0, 0.1) is 23.1 Å². The number of aliphatic hydroxyl groups excluding tert-OH is 1. The van der Waals surface area contributed by atoms with Crippen LogP contribution < -0.4 is 10.2 Å². The van der Waals surface area contributed by atoms with Crippen molar-refractivity contribution in [1.29, 1.82) is 5.26 Å². The Morgan fingerprint density at radius 2 is 1.82 bits per heavy atom. The van der Waals surface area contributed by atoms with E-state index in [1.807, 2.05) is 36.2 Å². The number of nitrogens with one attached hydrogen (secondary N) is 1. The molecular weight excluding hydrogens is 431 g/mol. The maximum absolute atomic E-state index is 13.3. The number of urea groups is 1. The first-order valence-corrected chi connectivity index (χ1v) is 11.3. The third-order valence-electron chi connectivity index (χ3n) is 7.05. The number of hydrogen-bond acceptors (Lipinski definition) is 4. The quantitative estimate of drug-likeness (QED) is 0.595. The maximum Gasteiger partial charge on any atom is 0.322 e. The van der Waals surface area contributed by atoms with E-state index in [0.29, 0.717) is 17.8 Å². The number of anilines is 2. The van der Waals surface area contributed by atoms with Crippen LogP contribution in [0.1, 0.15) is 23.6 Å². The van der Waals surface area contributed by atoms with E-state index in [1.165, 1.54) is 12.1 Å². The van der Waals surface area contributed by atoms with Crippen molar-refractivity contribution in [3.05, 3.63) is 83.7 Å². The van der Waals surface area contributed by atoms with Gasteiger partial charge in [0.25, 0.3) is 0 Å². The highest BCUT2D eigenvalue weighted by molar-refractivity contribution is 5.90. The predicted molar refractivity (Wildman–Crippen MR) is 129 cm³/mol. The summed E-state index contributed by atoms with van der Waals surface area (Å²) in [6, 6.07) is 21.0. The van der Waals surface area contributed by atoms with Gasteiger partial charge in [0.2, 0.25) is 0 Å². The third-order valence-corrected chi connectivity index (χ3v) is 7.05. The molecule has 7 heteroatoms. The summed E-state index contributed by atoms with van der Waals surface area (Å²) >= 11 is 0. The number of carbonyl (C=O) groups is 1. The van der Waals surface area contributed by atoms with Gasteiger partial charge in [0, 0.05) is 30.9 Å². The van der Waals surface area contributed by atoms with Gasteiger partial charge in [0.05, 0.1) is 30.3 Å². The van der Waals surface area contributed by atoms with E-state index >= 15 is 0 Å². The number of carbonyl (C=O) groups excluding carboxylic acids is 1. The summed E-state index contributed by atoms with van der Waals surface area (Å²) in [5.74, 6) is -0.276. The minimum atomic E-state index is -0.357. The molecule has 0 unspecified atom stereocenters. The summed E-state index contributed by atoms with van der Waals surface area (Å²) in [6.45, 7) is 0.565. The second kappa shape index (κ2) is 8.81. The highest BCUT2D eigenvalue weighted by Crippen LogP contribution is 2.49. The normalized spacial score (nSPS) is 20.9.